The second-order valence-electron chi connectivity index (χ2n) is 6.94. The Bertz CT molecular complexity index is 645. The maximum Gasteiger partial charge on any atom is 0.401 e. The van der Waals surface area contributed by atoms with E-state index in [9.17, 15) is 13.2 Å². The Kier molecular flexibility index (Phi) is 8.22. The molecule has 3 N–H and O–H groups in total. The Hall–Kier alpha value is -2.16. The molecule has 9 heteroatoms. The monoisotopic (exact) mass is 402 g/mol. The topological polar surface area (TPSA) is 72.1 Å². The number of aliphatic imine (C=N–C) groups is 1. The van der Waals surface area contributed by atoms with E-state index in [4.69, 9.17) is 15.2 Å². The number of hydrogen-bond donors (Lipinski definition) is 2. The van der Waals surface area contributed by atoms with Crippen LogP contribution in [0.3, 0.4) is 0 Å². The van der Waals surface area contributed by atoms with E-state index in [2.05, 4.69) is 10.3 Å². The molecule has 0 amide bonds. The van der Waals surface area contributed by atoms with Gasteiger partial charge in [0.1, 0.15) is 0 Å². The SMILES string of the molecule is COc1ccc(CN=C(N)NCCC2CCN(CC(F)(F)F)CC2)cc1OC. The first-order valence-electron chi connectivity index (χ1n) is 9.34. The number of benzene rings is 1. The number of guanidine groups is 1. The van der Waals surface area contributed by atoms with Crippen molar-refractivity contribution >= 4 is 5.96 Å². The summed E-state index contributed by atoms with van der Waals surface area (Å²) in [6, 6.07) is 5.57. The van der Waals surface area contributed by atoms with Gasteiger partial charge in [0.05, 0.1) is 27.3 Å². The van der Waals surface area contributed by atoms with Gasteiger partial charge in [-0.2, -0.15) is 13.2 Å². The lowest BCUT2D eigenvalue weighted by atomic mass is 9.93. The molecule has 1 aliphatic heterocycles. The van der Waals surface area contributed by atoms with E-state index in [0.717, 1.165) is 24.8 Å². The van der Waals surface area contributed by atoms with Gasteiger partial charge in [0.15, 0.2) is 17.5 Å². The number of hydrogen-bond acceptors (Lipinski definition) is 4. The molecular formula is C19H29F3N4O2. The molecular weight excluding hydrogens is 373 g/mol. The van der Waals surface area contributed by atoms with Gasteiger partial charge in [-0.3, -0.25) is 4.90 Å². The summed E-state index contributed by atoms with van der Waals surface area (Å²) in [6.45, 7) is 1.24. The van der Waals surface area contributed by atoms with Crippen molar-refractivity contribution in [2.45, 2.75) is 32.0 Å². The first-order valence-corrected chi connectivity index (χ1v) is 9.34. The van der Waals surface area contributed by atoms with Crippen LogP contribution >= 0.6 is 0 Å². The highest BCUT2D eigenvalue weighted by Gasteiger charge is 2.32. The molecule has 0 unspecified atom stereocenters. The zero-order chi connectivity index (χ0) is 20.6. The summed E-state index contributed by atoms with van der Waals surface area (Å²) in [4.78, 5) is 5.79. The number of piperidine rings is 1. The maximum atomic E-state index is 12.4. The fourth-order valence-corrected chi connectivity index (χ4v) is 3.30. The van der Waals surface area contributed by atoms with Crippen molar-refractivity contribution in [3.8, 4) is 11.5 Å². The fraction of sp³-hybridized carbons (Fsp3) is 0.632. The van der Waals surface area contributed by atoms with E-state index in [1.54, 1.807) is 14.2 Å². The highest BCUT2D eigenvalue weighted by atomic mass is 19.4. The number of nitrogens with zero attached hydrogens (tertiary/aromatic N) is 2. The minimum atomic E-state index is -4.12. The van der Waals surface area contributed by atoms with Crippen molar-refractivity contribution in [1.29, 1.82) is 0 Å². The van der Waals surface area contributed by atoms with Crippen LogP contribution in [0.5, 0.6) is 11.5 Å². The quantitative estimate of drug-likeness (QED) is 0.517. The predicted octanol–water partition coefficient (Wildman–Crippen LogP) is 2.77. The van der Waals surface area contributed by atoms with Gasteiger partial charge in [-0.15, -0.1) is 0 Å². The van der Waals surface area contributed by atoms with E-state index in [1.807, 2.05) is 18.2 Å². The van der Waals surface area contributed by atoms with Gasteiger partial charge in [-0.25, -0.2) is 4.99 Å². The first-order chi connectivity index (χ1) is 13.3. The molecule has 1 fully saturated rings. The van der Waals surface area contributed by atoms with Gasteiger partial charge >= 0.3 is 6.18 Å². The number of alkyl halides is 3. The zero-order valence-corrected chi connectivity index (χ0v) is 16.4. The van der Waals surface area contributed by atoms with Crippen molar-refractivity contribution in [2.75, 3.05) is 40.4 Å². The maximum absolute atomic E-state index is 12.4. The van der Waals surface area contributed by atoms with Gasteiger partial charge in [0, 0.05) is 6.54 Å². The number of rotatable bonds is 8. The average Bonchev–Trinajstić information content (AvgIpc) is 2.66. The van der Waals surface area contributed by atoms with E-state index < -0.39 is 12.7 Å². The van der Waals surface area contributed by atoms with Crippen LogP contribution in [-0.4, -0.2) is 57.4 Å². The van der Waals surface area contributed by atoms with Crippen LogP contribution in [0.15, 0.2) is 23.2 Å². The van der Waals surface area contributed by atoms with E-state index in [1.165, 1.54) is 4.90 Å². The van der Waals surface area contributed by atoms with Gasteiger partial charge in [-0.1, -0.05) is 6.07 Å². The molecule has 2 rings (SSSR count). The molecule has 1 aromatic rings. The van der Waals surface area contributed by atoms with Crippen molar-refractivity contribution in [2.24, 2.45) is 16.6 Å². The van der Waals surface area contributed by atoms with E-state index >= 15 is 0 Å². The zero-order valence-electron chi connectivity index (χ0n) is 16.4. The molecule has 0 aliphatic carbocycles. The van der Waals surface area contributed by atoms with Crippen LogP contribution in [0.4, 0.5) is 13.2 Å². The first kappa shape index (κ1) is 22.1. The van der Waals surface area contributed by atoms with Crippen LogP contribution in [0.25, 0.3) is 0 Å². The molecule has 1 aromatic carbocycles. The largest absolute Gasteiger partial charge is 0.493 e. The van der Waals surface area contributed by atoms with Crippen LogP contribution in [-0.2, 0) is 6.54 Å². The number of nitrogens with one attached hydrogen (secondary N) is 1. The van der Waals surface area contributed by atoms with Crippen LogP contribution < -0.4 is 20.5 Å². The van der Waals surface area contributed by atoms with Crippen molar-refractivity contribution in [3.63, 3.8) is 0 Å². The predicted molar refractivity (Wildman–Crippen MR) is 103 cm³/mol. The van der Waals surface area contributed by atoms with Crippen molar-refractivity contribution < 1.29 is 22.6 Å². The standard InChI is InChI=1S/C19H29F3N4O2/c1-27-16-4-3-15(11-17(16)28-2)12-25-18(23)24-8-5-14-6-9-26(10-7-14)13-19(20,21)22/h3-4,11,14H,5-10,12-13H2,1-2H3,(H3,23,24,25). The molecule has 158 valence electrons. The molecule has 0 bridgehead atoms. The van der Waals surface area contributed by atoms with Crippen molar-refractivity contribution in [1.82, 2.24) is 10.2 Å². The number of ether oxygens (including phenoxy) is 2. The summed E-state index contributed by atoms with van der Waals surface area (Å²) < 4.78 is 47.7. The minimum absolute atomic E-state index is 0.351. The minimum Gasteiger partial charge on any atom is -0.493 e. The molecule has 0 saturated carbocycles. The lowest BCUT2D eigenvalue weighted by Crippen LogP contribution is -2.41. The summed E-state index contributed by atoms with van der Waals surface area (Å²) in [5, 5.41) is 3.08. The van der Waals surface area contributed by atoms with Gasteiger partial charge in [0.2, 0.25) is 0 Å². The Morgan fingerprint density at radius 1 is 1.21 bits per heavy atom. The smallest absolute Gasteiger partial charge is 0.401 e. The average molecular weight is 402 g/mol. The van der Waals surface area contributed by atoms with Gasteiger partial charge in [0.25, 0.3) is 0 Å². The fourth-order valence-electron chi connectivity index (χ4n) is 3.30. The van der Waals surface area contributed by atoms with E-state index in [0.29, 0.717) is 49.6 Å². The summed E-state index contributed by atoms with van der Waals surface area (Å²) in [5.41, 5.74) is 6.85. The van der Waals surface area contributed by atoms with E-state index in [-0.39, 0.29) is 0 Å². The highest BCUT2D eigenvalue weighted by molar-refractivity contribution is 5.77. The normalized spacial score (nSPS) is 16.8. The third kappa shape index (κ3) is 7.46. The Morgan fingerprint density at radius 2 is 1.89 bits per heavy atom. The Labute approximate surface area is 163 Å². The van der Waals surface area contributed by atoms with Crippen LogP contribution in [0.2, 0.25) is 0 Å². The van der Waals surface area contributed by atoms with Crippen molar-refractivity contribution in [3.05, 3.63) is 23.8 Å². The number of methoxy groups -OCH3 is 2. The van der Waals surface area contributed by atoms with Crippen LogP contribution in [0, 0.1) is 5.92 Å². The number of likely N-dealkylation sites (tertiary alicyclic amines) is 1. The second-order valence-corrected chi connectivity index (χ2v) is 6.94. The summed E-state index contributed by atoms with van der Waals surface area (Å²) in [7, 11) is 3.16. The lowest BCUT2D eigenvalue weighted by Gasteiger charge is -2.32. The Morgan fingerprint density at radius 3 is 2.50 bits per heavy atom. The molecule has 0 aromatic heterocycles. The Balaban J connectivity index is 1.69. The number of nitrogens with two attached hydrogens (primary N) is 1. The third-order valence-electron chi connectivity index (χ3n) is 4.85. The molecule has 28 heavy (non-hydrogen) atoms. The lowest BCUT2D eigenvalue weighted by molar-refractivity contribution is -0.148. The van der Waals surface area contributed by atoms with Gasteiger partial charge < -0.3 is 20.5 Å². The molecule has 0 radical (unpaired) electrons. The second kappa shape index (κ2) is 10.4. The molecule has 1 heterocycles. The highest BCUT2D eigenvalue weighted by Crippen LogP contribution is 2.27. The molecule has 1 aliphatic rings. The number of halogens is 3. The molecule has 1 saturated heterocycles. The van der Waals surface area contributed by atoms with Crippen LogP contribution in [0.1, 0.15) is 24.8 Å². The summed E-state index contributed by atoms with van der Waals surface area (Å²) in [6.07, 6.45) is -1.69. The third-order valence-corrected chi connectivity index (χ3v) is 4.85. The summed E-state index contributed by atoms with van der Waals surface area (Å²) in [5.74, 6) is 2.06. The molecule has 6 nitrogen and oxygen atoms in total. The molecule has 0 atom stereocenters. The van der Waals surface area contributed by atoms with Gasteiger partial charge in [-0.05, 0) is 56.0 Å². The molecule has 0 spiro atoms. The summed E-state index contributed by atoms with van der Waals surface area (Å²) >= 11 is 0.